The molecule has 0 fully saturated rings. The smallest absolute Gasteiger partial charge is 0.143 e. The third-order valence-corrected chi connectivity index (χ3v) is 1.21. The third kappa shape index (κ3) is 10.1. The van der Waals surface area contributed by atoms with E-state index in [0.717, 1.165) is 0 Å². The van der Waals surface area contributed by atoms with Gasteiger partial charge in [0, 0.05) is 5.88 Å². The highest BCUT2D eigenvalue weighted by molar-refractivity contribution is 6.17. The van der Waals surface area contributed by atoms with Crippen molar-refractivity contribution in [3.63, 3.8) is 0 Å². The lowest BCUT2D eigenvalue weighted by Gasteiger charge is -2.03. The summed E-state index contributed by atoms with van der Waals surface area (Å²) in [5.74, 6) is 0.508. The Balaban J connectivity index is 2.73. The van der Waals surface area contributed by atoms with Crippen LogP contribution >= 0.6 is 11.6 Å². The summed E-state index contributed by atoms with van der Waals surface area (Å²) in [5.41, 5.74) is 0. The molecule has 0 unspecified atom stereocenters. The summed E-state index contributed by atoms with van der Waals surface area (Å²) in [6, 6.07) is 0. The van der Waals surface area contributed by atoms with Crippen LogP contribution in [0.5, 0.6) is 0 Å². The number of rotatable bonds is 9. The molecule has 0 aliphatic carbocycles. The first-order chi connectivity index (χ1) is 5.91. The minimum absolute atomic E-state index is 0.258. The van der Waals surface area contributed by atoms with Gasteiger partial charge in [0.1, 0.15) is 6.79 Å². The molecule has 0 aliphatic heterocycles. The molecule has 1 N–H and O–H groups in total. The molecular weight excluding hydrogens is 184 g/mol. The van der Waals surface area contributed by atoms with Crippen LogP contribution in [0.3, 0.4) is 0 Å². The monoisotopic (exact) mass is 198 g/mol. The number of ether oxygens (including phenoxy) is 3. The molecule has 0 aromatic heterocycles. The summed E-state index contributed by atoms with van der Waals surface area (Å²) in [7, 11) is 0. The number of hydrogen-bond acceptors (Lipinski definition) is 4. The van der Waals surface area contributed by atoms with Crippen LogP contribution in [0.4, 0.5) is 0 Å². The van der Waals surface area contributed by atoms with Crippen molar-refractivity contribution in [2.45, 2.75) is 0 Å². The van der Waals surface area contributed by atoms with E-state index in [9.17, 15) is 0 Å². The maximum atomic E-state index is 8.22. The van der Waals surface area contributed by atoms with Crippen LogP contribution < -0.4 is 0 Å². The van der Waals surface area contributed by atoms with E-state index >= 15 is 0 Å². The number of hydrogen-bond donors (Lipinski definition) is 1. The summed E-state index contributed by atoms with van der Waals surface area (Å²) in [4.78, 5) is 0. The lowest BCUT2D eigenvalue weighted by molar-refractivity contribution is -0.0361. The molecule has 0 atom stereocenters. The molecule has 0 heterocycles. The second-order valence-electron chi connectivity index (χ2n) is 1.95. The molecule has 74 valence electrons. The van der Waals surface area contributed by atoms with Gasteiger partial charge in [-0.1, -0.05) is 0 Å². The predicted octanol–water partition coefficient (Wildman–Crippen LogP) is 0.225. The quantitative estimate of drug-likeness (QED) is 0.327. The molecule has 0 bridgehead atoms. The van der Waals surface area contributed by atoms with E-state index in [1.165, 1.54) is 0 Å². The molecule has 0 saturated heterocycles. The second-order valence-corrected chi connectivity index (χ2v) is 2.33. The van der Waals surface area contributed by atoms with Gasteiger partial charge in [-0.25, -0.2) is 0 Å². The summed E-state index contributed by atoms with van der Waals surface area (Å²) in [6.45, 7) is 2.26. The van der Waals surface area contributed by atoms with Crippen molar-refractivity contribution in [1.82, 2.24) is 0 Å². The molecule has 0 saturated carbocycles. The maximum Gasteiger partial charge on any atom is 0.143 e. The Hall–Kier alpha value is 0.130. The molecule has 0 aromatic rings. The van der Waals surface area contributed by atoms with E-state index in [2.05, 4.69) is 4.74 Å². The average Bonchev–Trinajstić information content (AvgIpc) is 2.10. The van der Waals surface area contributed by atoms with E-state index in [-0.39, 0.29) is 6.79 Å². The lowest BCUT2D eigenvalue weighted by atomic mass is 10.7. The zero-order valence-electron chi connectivity index (χ0n) is 7.00. The van der Waals surface area contributed by atoms with Crippen molar-refractivity contribution in [3.8, 4) is 0 Å². The van der Waals surface area contributed by atoms with Gasteiger partial charge in [-0.3, -0.25) is 0 Å². The molecule has 0 spiro atoms. The van der Waals surface area contributed by atoms with Crippen LogP contribution in [0, 0.1) is 0 Å². The number of aliphatic hydroxyl groups is 1. The van der Waals surface area contributed by atoms with Crippen LogP contribution in [0.2, 0.25) is 0 Å². The fourth-order valence-electron chi connectivity index (χ4n) is 0.559. The topological polar surface area (TPSA) is 47.9 Å². The summed E-state index contributed by atoms with van der Waals surface area (Å²) in [6.07, 6.45) is 0. The molecule has 4 nitrogen and oxygen atoms in total. The van der Waals surface area contributed by atoms with Crippen molar-refractivity contribution in [2.24, 2.45) is 0 Å². The Morgan fingerprint density at radius 1 is 0.833 bits per heavy atom. The van der Waals surface area contributed by atoms with Crippen LogP contribution in [0.15, 0.2) is 0 Å². The first-order valence-corrected chi connectivity index (χ1v) is 4.35. The zero-order chi connectivity index (χ0) is 9.07. The minimum atomic E-state index is -0.258. The normalized spacial score (nSPS) is 10.5. The summed E-state index contributed by atoms with van der Waals surface area (Å²) >= 11 is 5.37. The van der Waals surface area contributed by atoms with Crippen molar-refractivity contribution >= 4 is 11.6 Å². The molecule has 0 aliphatic rings. The fraction of sp³-hybridized carbons (Fsp3) is 1.00. The van der Waals surface area contributed by atoms with E-state index in [0.29, 0.717) is 38.9 Å². The van der Waals surface area contributed by atoms with Crippen LogP contribution in [-0.4, -0.2) is 50.8 Å². The molecular formula is C7H15ClO4. The van der Waals surface area contributed by atoms with Gasteiger partial charge in [-0.05, 0) is 0 Å². The second kappa shape index (κ2) is 11.1. The molecule has 12 heavy (non-hydrogen) atoms. The van der Waals surface area contributed by atoms with Gasteiger partial charge >= 0.3 is 0 Å². The van der Waals surface area contributed by atoms with Crippen molar-refractivity contribution in [3.05, 3.63) is 0 Å². The van der Waals surface area contributed by atoms with E-state index < -0.39 is 0 Å². The third-order valence-electron chi connectivity index (χ3n) is 1.06. The fourth-order valence-corrected chi connectivity index (χ4v) is 0.668. The van der Waals surface area contributed by atoms with E-state index in [1.807, 2.05) is 0 Å². The molecule has 0 rings (SSSR count). The Morgan fingerprint density at radius 2 is 1.33 bits per heavy atom. The van der Waals surface area contributed by atoms with Gasteiger partial charge in [0.05, 0.1) is 33.0 Å². The maximum absolute atomic E-state index is 8.22. The largest absolute Gasteiger partial charge is 0.378 e. The van der Waals surface area contributed by atoms with Gasteiger partial charge in [-0.2, -0.15) is 0 Å². The molecule has 0 amide bonds. The van der Waals surface area contributed by atoms with Crippen molar-refractivity contribution in [2.75, 3.05) is 45.7 Å². The first kappa shape index (κ1) is 12.1. The van der Waals surface area contributed by atoms with E-state index in [1.54, 1.807) is 0 Å². The number of halogens is 1. The first-order valence-electron chi connectivity index (χ1n) is 3.82. The average molecular weight is 199 g/mol. The highest BCUT2D eigenvalue weighted by Crippen LogP contribution is 1.81. The molecule has 0 radical (unpaired) electrons. The van der Waals surface area contributed by atoms with Gasteiger partial charge in [0.2, 0.25) is 0 Å². The SMILES string of the molecule is OCOCCOCCOCCCl. The van der Waals surface area contributed by atoms with Gasteiger partial charge in [0.25, 0.3) is 0 Å². The summed E-state index contributed by atoms with van der Waals surface area (Å²) < 4.78 is 14.8. The lowest BCUT2D eigenvalue weighted by Crippen LogP contribution is -2.10. The molecule has 0 aromatic carbocycles. The van der Waals surface area contributed by atoms with Crippen LogP contribution in [0.25, 0.3) is 0 Å². The van der Waals surface area contributed by atoms with Crippen molar-refractivity contribution < 1.29 is 19.3 Å². The zero-order valence-corrected chi connectivity index (χ0v) is 7.76. The van der Waals surface area contributed by atoms with Gasteiger partial charge in [0.15, 0.2) is 0 Å². The summed E-state index contributed by atoms with van der Waals surface area (Å²) in [5, 5.41) is 8.22. The van der Waals surface area contributed by atoms with E-state index in [4.69, 9.17) is 26.2 Å². The highest BCUT2D eigenvalue weighted by atomic mass is 35.5. The molecule has 5 heteroatoms. The number of aliphatic hydroxyl groups excluding tert-OH is 1. The minimum Gasteiger partial charge on any atom is -0.378 e. The standard InChI is InChI=1S/C7H15ClO4/c8-1-2-10-3-4-11-5-6-12-7-9/h9H,1-7H2. The Bertz CT molecular complexity index is 71.8. The van der Waals surface area contributed by atoms with Gasteiger partial charge < -0.3 is 19.3 Å². The van der Waals surface area contributed by atoms with Crippen LogP contribution in [-0.2, 0) is 14.2 Å². The predicted molar refractivity (Wildman–Crippen MR) is 45.4 cm³/mol. The van der Waals surface area contributed by atoms with Crippen molar-refractivity contribution in [1.29, 1.82) is 0 Å². The highest BCUT2D eigenvalue weighted by Gasteiger charge is 1.89. The Kier molecular flexibility index (Phi) is 11.3. The Labute approximate surface area is 77.4 Å². The number of alkyl halides is 1. The van der Waals surface area contributed by atoms with Gasteiger partial charge in [-0.15, -0.1) is 11.6 Å². The van der Waals surface area contributed by atoms with Crippen LogP contribution in [0.1, 0.15) is 0 Å². The Morgan fingerprint density at radius 3 is 1.83 bits per heavy atom.